The Morgan fingerprint density at radius 3 is 1.95 bits per heavy atom. The molecule has 2 aromatic carbocycles. The van der Waals surface area contributed by atoms with Crippen LogP contribution in [-0.2, 0) is 10.8 Å². The van der Waals surface area contributed by atoms with E-state index in [0.29, 0.717) is 12.1 Å². The minimum absolute atomic E-state index is 0.00575. The Kier molecular flexibility index (Phi) is 7.83. The Balaban J connectivity index is 0.952. The van der Waals surface area contributed by atoms with Crippen molar-refractivity contribution in [1.82, 2.24) is 10.6 Å². The van der Waals surface area contributed by atoms with Gasteiger partial charge in [0.2, 0.25) is 0 Å². The zero-order valence-electron chi connectivity index (χ0n) is 27.3. The van der Waals surface area contributed by atoms with Gasteiger partial charge in [0.15, 0.2) is 0 Å². The molecule has 0 saturated heterocycles. The van der Waals surface area contributed by atoms with Gasteiger partial charge in [-0.15, -0.1) is 0 Å². The van der Waals surface area contributed by atoms with Crippen molar-refractivity contribution >= 4 is 21.9 Å². The van der Waals surface area contributed by atoms with Crippen molar-refractivity contribution < 1.29 is 18.3 Å². The molecule has 2 heterocycles. The first-order valence-electron chi connectivity index (χ1n) is 16.1. The summed E-state index contributed by atoms with van der Waals surface area (Å²) in [6.45, 7) is 18.6. The van der Waals surface area contributed by atoms with Crippen molar-refractivity contribution in [2.45, 2.75) is 128 Å². The Morgan fingerprint density at radius 2 is 1.28 bits per heavy atom. The minimum Gasteiger partial charge on any atom is -0.490 e. The van der Waals surface area contributed by atoms with Crippen LogP contribution < -0.4 is 20.1 Å². The third-order valence-corrected chi connectivity index (χ3v) is 9.00. The van der Waals surface area contributed by atoms with E-state index in [9.17, 15) is 0 Å². The summed E-state index contributed by atoms with van der Waals surface area (Å²) >= 11 is 0. The third-order valence-electron chi connectivity index (χ3n) is 9.00. The van der Waals surface area contributed by atoms with Crippen LogP contribution in [0.5, 0.6) is 11.5 Å². The van der Waals surface area contributed by atoms with Gasteiger partial charge in [-0.1, -0.05) is 34.6 Å². The Bertz CT molecular complexity index is 1560. The molecule has 0 spiro atoms. The highest BCUT2D eigenvalue weighted by Gasteiger charge is 2.34. The molecule has 2 aromatic heterocycles. The number of nitrogens with one attached hydrogen (secondary N) is 2. The van der Waals surface area contributed by atoms with Gasteiger partial charge < -0.3 is 28.9 Å². The van der Waals surface area contributed by atoms with Gasteiger partial charge in [-0.25, -0.2) is 0 Å². The van der Waals surface area contributed by atoms with Gasteiger partial charge in [-0.3, -0.25) is 0 Å². The van der Waals surface area contributed by atoms with Crippen LogP contribution in [0.25, 0.3) is 21.9 Å². The Morgan fingerprint density at radius 1 is 0.674 bits per heavy atom. The van der Waals surface area contributed by atoms with E-state index in [2.05, 4.69) is 96.4 Å². The van der Waals surface area contributed by atoms with Gasteiger partial charge in [0.05, 0.1) is 0 Å². The molecule has 0 radical (unpaired) electrons. The smallest absolute Gasteiger partial charge is 0.137 e. The van der Waals surface area contributed by atoms with E-state index in [0.717, 1.165) is 83.6 Å². The average Bonchev–Trinajstić information content (AvgIpc) is 3.49. The van der Waals surface area contributed by atoms with Gasteiger partial charge in [0.1, 0.15) is 46.4 Å². The number of hydrogen-bond acceptors (Lipinski definition) is 6. The summed E-state index contributed by atoms with van der Waals surface area (Å²) in [5, 5.41) is 9.64. The number of ether oxygens (including phenoxy) is 2. The molecule has 6 nitrogen and oxygen atoms in total. The molecule has 2 aliphatic carbocycles. The second-order valence-electron chi connectivity index (χ2n) is 15.7. The lowest BCUT2D eigenvalue weighted by Crippen LogP contribution is -2.53. The second kappa shape index (κ2) is 11.2. The maximum atomic E-state index is 6.32. The van der Waals surface area contributed by atoms with Crippen molar-refractivity contribution in [2.75, 3.05) is 6.54 Å². The summed E-state index contributed by atoms with van der Waals surface area (Å²) in [6.07, 6.45) is 5.67. The van der Waals surface area contributed by atoms with Crippen molar-refractivity contribution in [1.29, 1.82) is 0 Å². The van der Waals surface area contributed by atoms with Crippen LogP contribution in [0, 0.1) is 0 Å². The van der Waals surface area contributed by atoms with Crippen LogP contribution >= 0.6 is 0 Å². The predicted molar refractivity (Wildman–Crippen MR) is 175 cm³/mol. The van der Waals surface area contributed by atoms with E-state index in [1.807, 2.05) is 18.2 Å². The van der Waals surface area contributed by atoms with E-state index in [-0.39, 0.29) is 28.6 Å². The normalized spacial score (nSPS) is 22.9. The zero-order valence-corrected chi connectivity index (χ0v) is 27.3. The summed E-state index contributed by atoms with van der Waals surface area (Å²) in [4.78, 5) is 0. The van der Waals surface area contributed by atoms with Crippen molar-refractivity contribution in [3.63, 3.8) is 0 Å². The summed E-state index contributed by atoms with van der Waals surface area (Å²) < 4.78 is 25.0. The zero-order chi connectivity index (χ0) is 30.6. The molecule has 4 aromatic rings. The van der Waals surface area contributed by atoms with Gasteiger partial charge >= 0.3 is 0 Å². The predicted octanol–water partition coefficient (Wildman–Crippen LogP) is 8.64. The number of furan rings is 2. The van der Waals surface area contributed by atoms with E-state index in [1.54, 1.807) is 0 Å². The van der Waals surface area contributed by atoms with E-state index < -0.39 is 0 Å². The molecule has 2 saturated carbocycles. The minimum atomic E-state index is -0.0726. The van der Waals surface area contributed by atoms with Crippen molar-refractivity contribution in [3.8, 4) is 11.5 Å². The summed E-state index contributed by atoms with van der Waals surface area (Å²) in [5.74, 6) is 3.85. The summed E-state index contributed by atoms with van der Waals surface area (Å²) in [7, 11) is 0. The lowest BCUT2D eigenvalue weighted by atomic mass is 9.85. The van der Waals surface area contributed by atoms with Crippen LogP contribution in [0.2, 0.25) is 0 Å². The molecule has 2 fully saturated rings. The molecule has 6 heteroatoms. The lowest BCUT2D eigenvalue weighted by molar-refractivity contribution is 0.0735. The highest BCUT2D eigenvalue weighted by molar-refractivity contribution is 5.80. The quantitative estimate of drug-likeness (QED) is 0.194. The molecule has 0 bridgehead atoms. The van der Waals surface area contributed by atoms with Crippen molar-refractivity contribution in [3.05, 3.63) is 60.1 Å². The molecule has 2 N–H and O–H groups in total. The van der Waals surface area contributed by atoms with E-state index in [4.69, 9.17) is 18.3 Å². The van der Waals surface area contributed by atoms with Crippen LogP contribution in [0.1, 0.15) is 99.0 Å². The van der Waals surface area contributed by atoms with Crippen molar-refractivity contribution in [2.24, 2.45) is 0 Å². The van der Waals surface area contributed by atoms with E-state index in [1.165, 1.54) is 0 Å². The first kappa shape index (κ1) is 30.1. The first-order valence-corrected chi connectivity index (χ1v) is 16.1. The maximum absolute atomic E-state index is 6.32. The topological polar surface area (TPSA) is 68.8 Å². The molecular weight excluding hydrogens is 536 g/mol. The second-order valence-corrected chi connectivity index (χ2v) is 15.7. The average molecular weight is 587 g/mol. The highest BCUT2D eigenvalue weighted by atomic mass is 16.5. The molecule has 0 unspecified atom stereocenters. The highest BCUT2D eigenvalue weighted by Crippen LogP contribution is 2.36. The van der Waals surface area contributed by atoms with Crippen LogP contribution in [0.15, 0.2) is 57.4 Å². The first-order chi connectivity index (χ1) is 20.2. The molecule has 2 aliphatic rings. The van der Waals surface area contributed by atoms with E-state index >= 15 is 0 Å². The van der Waals surface area contributed by atoms with Crippen LogP contribution in [-0.4, -0.2) is 36.4 Å². The molecule has 43 heavy (non-hydrogen) atoms. The molecule has 6 rings (SSSR count). The van der Waals surface area contributed by atoms with Gasteiger partial charge in [0, 0.05) is 45.3 Å². The third kappa shape index (κ3) is 7.07. The number of fused-ring (bicyclic) bond motifs is 2. The fourth-order valence-corrected chi connectivity index (χ4v) is 6.20. The molecule has 232 valence electrons. The van der Waals surface area contributed by atoms with Crippen LogP contribution in [0.4, 0.5) is 0 Å². The fourth-order valence-electron chi connectivity index (χ4n) is 6.20. The maximum Gasteiger partial charge on any atom is 0.137 e. The van der Waals surface area contributed by atoms with Gasteiger partial charge in [-0.2, -0.15) is 0 Å². The summed E-state index contributed by atoms with van der Waals surface area (Å²) in [5.41, 5.74) is 1.89. The lowest BCUT2D eigenvalue weighted by Gasteiger charge is -2.40. The van der Waals surface area contributed by atoms with Gasteiger partial charge in [0.25, 0.3) is 0 Å². The number of rotatable bonds is 10. The molecule has 0 amide bonds. The Labute approximate surface area is 256 Å². The number of hydrogen-bond donors (Lipinski definition) is 2. The molecular formula is C37H50N2O4. The van der Waals surface area contributed by atoms with Gasteiger partial charge in [-0.05, 0) is 102 Å². The largest absolute Gasteiger partial charge is 0.490 e. The summed E-state index contributed by atoms with van der Waals surface area (Å²) in [6, 6.07) is 17.8. The fraction of sp³-hybridized carbons (Fsp3) is 0.568. The Hall–Kier alpha value is -2.96. The molecule has 0 aliphatic heterocycles. The monoisotopic (exact) mass is 586 g/mol. The molecule has 0 atom stereocenters. The SMILES string of the molecule is CC(C)(C)NC1CC(Oc2ccc3oc(C(C)(C)CCNC4CC(Oc5ccc6cc(C(C)(C)C)oc6c5)C4)cc3c2)C1. The standard InChI is InChI=1S/C37H50N2O4/c1-35(2,3)33-16-23-9-10-28(22-32(23)43-33)41-29-18-25(19-29)38-14-13-37(7,8)34-17-24-15-27(11-12-31(24)42-34)40-30-20-26(21-30)39-36(4,5)6/h9-12,15-17,22,25-26,29-30,38-39H,13-14,18-21H2,1-8H3. The number of benzene rings is 2. The van der Waals surface area contributed by atoms with Crippen LogP contribution in [0.3, 0.4) is 0 Å².